The van der Waals surface area contributed by atoms with Gasteiger partial charge >= 0.3 is 21.1 Å². The molecule has 0 unspecified atom stereocenters. The fraction of sp³-hybridized carbons (Fsp3) is 0.200. The van der Waals surface area contributed by atoms with Crippen LogP contribution in [0.5, 0.6) is 0 Å². The van der Waals surface area contributed by atoms with E-state index < -0.39 is 0 Å². The van der Waals surface area contributed by atoms with Crippen molar-refractivity contribution in [2.75, 3.05) is 0 Å². The van der Waals surface area contributed by atoms with E-state index in [9.17, 15) is 0 Å². The van der Waals surface area contributed by atoms with Gasteiger partial charge in [0.05, 0.1) is 0 Å². The average Bonchev–Trinajstić information content (AvgIpc) is 2.59. The molecular weight excluding hydrogens is 304 g/mol. The van der Waals surface area contributed by atoms with Gasteiger partial charge in [-0.25, -0.2) is 0 Å². The van der Waals surface area contributed by atoms with Crippen LogP contribution >= 0.6 is 0 Å². The van der Waals surface area contributed by atoms with Crippen LogP contribution in [0.15, 0.2) is 47.6 Å². The van der Waals surface area contributed by atoms with E-state index in [1.54, 1.807) is 0 Å². The molecule has 0 aromatic rings. The van der Waals surface area contributed by atoms with Gasteiger partial charge in [0.15, 0.2) is 0 Å². The van der Waals surface area contributed by atoms with Crippen LogP contribution in [0.4, 0.5) is 0 Å². The quantitative estimate of drug-likeness (QED) is 0.696. The van der Waals surface area contributed by atoms with Crippen molar-refractivity contribution >= 4 is 0 Å². The molecule has 0 radical (unpaired) electrons. The van der Waals surface area contributed by atoms with Gasteiger partial charge in [0.2, 0.25) is 0 Å². The first-order chi connectivity index (χ1) is 4.97. The minimum absolute atomic E-state index is 0. The molecule has 0 aromatic carbocycles. The Morgan fingerprint density at radius 3 is 1.55 bits per heavy atom. The Balaban J connectivity index is 0.000000605. The molecule has 0 amide bonds. The second kappa shape index (κ2) is 3.87. The molecule has 0 fully saturated rings. The fourth-order valence-electron chi connectivity index (χ4n) is 1.37. The average molecular weight is 316 g/mol. The topological polar surface area (TPSA) is 0 Å². The summed E-state index contributed by atoms with van der Waals surface area (Å²) < 4.78 is 0. The molecule has 2 rings (SSSR count). The maximum atomic E-state index is 2.21. The zero-order valence-electron chi connectivity index (χ0n) is 6.38. The summed E-state index contributed by atoms with van der Waals surface area (Å²) >= 11 is 0. The molecule has 2 aliphatic carbocycles. The van der Waals surface area contributed by atoms with Crippen LogP contribution in [0, 0.1) is 0 Å². The maximum absolute atomic E-state index is 2.21. The van der Waals surface area contributed by atoms with E-state index in [2.05, 4.69) is 36.5 Å². The van der Waals surface area contributed by atoms with Crippen molar-refractivity contribution in [3.05, 3.63) is 47.6 Å². The Hall–Kier alpha value is -0.352. The van der Waals surface area contributed by atoms with Gasteiger partial charge in [0.25, 0.3) is 0 Å². The molecule has 11 heavy (non-hydrogen) atoms. The molecule has 58 valence electrons. The first-order valence-electron chi connectivity index (χ1n) is 3.68. The molecule has 0 spiro atoms. The predicted molar refractivity (Wildman–Crippen MR) is 46.5 cm³/mol. The third-order valence-corrected chi connectivity index (χ3v) is 1.95. The number of rotatable bonds is 1. The molecule has 2 aliphatic rings. The second-order valence-electron chi connectivity index (χ2n) is 2.65. The first kappa shape index (κ1) is 8.74. The van der Waals surface area contributed by atoms with Gasteiger partial charge in [-0.2, -0.15) is 0 Å². The standard InChI is InChI=1S/C10H10.W.2H/c1-2-6-9(5-1)10-7-3-4-8-10;;;/h1-5,7H,6,8H2;;;. The van der Waals surface area contributed by atoms with Gasteiger partial charge in [-0.3, -0.25) is 0 Å². The van der Waals surface area contributed by atoms with Crippen molar-refractivity contribution in [3.8, 4) is 0 Å². The molecule has 0 aliphatic heterocycles. The predicted octanol–water partition coefficient (Wildman–Crippen LogP) is 2.22. The van der Waals surface area contributed by atoms with Crippen molar-refractivity contribution < 1.29 is 21.1 Å². The van der Waals surface area contributed by atoms with E-state index in [4.69, 9.17) is 0 Å². The SMILES string of the molecule is C1=CCC(C2=CC=CC2)=C1.[WH2]. The van der Waals surface area contributed by atoms with E-state index >= 15 is 0 Å². The summed E-state index contributed by atoms with van der Waals surface area (Å²) in [6, 6.07) is 0. The summed E-state index contributed by atoms with van der Waals surface area (Å²) in [5.41, 5.74) is 2.98. The second-order valence-corrected chi connectivity index (χ2v) is 2.65. The summed E-state index contributed by atoms with van der Waals surface area (Å²) in [5, 5.41) is 0. The molecule has 0 heterocycles. The molecule has 0 saturated heterocycles. The molecule has 0 bridgehead atoms. The Morgan fingerprint density at radius 2 is 1.27 bits per heavy atom. The third kappa shape index (κ3) is 1.81. The third-order valence-electron chi connectivity index (χ3n) is 1.95. The first-order valence-corrected chi connectivity index (χ1v) is 3.68. The van der Waals surface area contributed by atoms with Gasteiger partial charge in [-0.05, 0) is 24.0 Å². The molecule has 0 saturated carbocycles. The Kier molecular flexibility index (Phi) is 3.08. The van der Waals surface area contributed by atoms with Crippen LogP contribution in [0.3, 0.4) is 0 Å². The van der Waals surface area contributed by atoms with Crippen molar-refractivity contribution in [2.24, 2.45) is 0 Å². The summed E-state index contributed by atoms with van der Waals surface area (Å²) in [6.45, 7) is 0. The van der Waals surface area contributed by atoms with Crippen molar-refractivity contribution in [1.82, 2.24) is 0 Å². The van der Waals surface area contributed by atoms with Gasteiger partial charge < -0.3 is 0 Å². The monoisotopic (exact) mass is 316 g/mol. The Bertz CT molecular complexity index is 226. The van der Waals surface area contributed by atoms with Crippen molar-refractivity contribution in [2.45, 2.75) is 12.8 Å². The van der Waals surface area contributed by atoms with Crippen LogP contribution in [-0.4, -0.2) is 0 Å². The fourth-order valence-corrected chi connectivity index (χ4v) is 1.37. The van der Waals surface area contributed by atoms with Gasteiger partial charge in [0.1, 0.15) is 0 Å². The van der Waals surface area contributed by atoms with Crippen molar-refractivity contribution in [1.29, 1.82) is 0 Å². The molecule has 0 N–H and O–H groups in total. The molecule has 0 nitrogen and oxygen atoms in total. The summed E-state index contributed by atoms with van der Waals surface area (Å²) in [6.07, 6.45) is 15.4. The molecule has 0 atom stereocenters. The van der Waals surface area contributed by atoms with E-state index in [1.807, 2.05) is 0 Å². The summed E-state index contributed by atoms with van der Waals surface area (Å²) in [7, 11) is 0. The zero-order chi connectivity index (χ0) is 6.81. The summed E-state index contributed by atoms with van der Waals surface area (Å²) in [5.74, 6) is 0. The number of hydrogen-bond donors (Lipinski definition) is 0. The van der Waals surface area contributed by atoms with E-state index in [1.165, 1.54) is 11.1 Å². The van der Waals surface area contributed by atoms with Crippen LogP contribution in [0.25, 0.3) is 0 Å². The number of allylic oxidation sites excluding steroid dienone is 8. The molecular formula is C10H12W. The van der Waals surface area contributed by atoms with E-state index in [-0.39, 0.29) is 21.1 Å². The van der Waals surface area contributed by atoms with Gasteiger partial charge in [-0.1, -0.05) is 36.5 Å². The number of hydrogen-bond acceptors (Lipinski definition) is 0. The van der Waals surface area contributed by atoms with Gasteiger partial charge in [-0.15, -0.1) is 0 Å². The normalized spacial score (nSPS) is 19.6. The van der Waals surface area contributed by atoms with E-state index in [0.29, 0.717) is 0 Å². The van der Waals surface area contributed by atoms with Crippen LogP contribution < -0.4 is 0 Å². The van der Waals surface area contributed by atoms with E-state index in [0.717, 1.165) is 12.8 Å². The molecule has 0 aromatic heterocycles. The molecule has 1 heteroatoms. The summed E-state index contributed by atoms with van der Waals surface area (Å²) in [4.78, 5) is 0. The van der Waals surface area contributed by atoms with Crippen LogP contribution in [0.2, 0.25) is 0 Å². The van der Waals surface area contributed by atoms with Crippen LogP contribution in [0.1, 0.15) is 12.8 Å². The van der Waals surface area contributed by atoms with Crippen molar-refractivity contribution in [3.63, 3.8) is 0 Å². The Morgan fingerprint density at radius 1 is 0.818 bits per heavy atom. The minimum atomic E-state index is 0. The zero-order valence-corrected chi connectivity index (χ0v) is 9.97. The Labute approximate surface area is 81.6 Å². The van der Waals surface area contributed by atoms with Crippen LogP contribution in [-0.2, 0) is 21.1 Å². The van der Waals surface area contributed by atoms with Gasteiger partial charge in [0, 0.05) is 0 Å².